The summed E-state index contributed by atoms with van der Waals surface area (Å²) in [5, 5.41) is 1.34. The van der Waals surface area contributed by atoms with E-state index >= 15 is 0 Å². The predicted octanol–water partition coefficient (Wildman–Crippen LogP) is 2.58. The number of rotatable bonds is 2. The fourth-order valence-electron chi connectivity index (χ4n) is 6.08. The van der Waals surface area contributed by atoms with Gasteiger partial charge in [0.25, 0.3) is 0 Å². The van der Waals surface area contributed by atoms with Crippen LogP contribution in [0.2, 0.25) is 0 Å². The molecule has 6 heteroatoms. The lowest BCUT2D eigenvalue weighted by molar-refractivity contribution is -0.322. The average Bonchev–Trinajstić information content (AvgIpc) is 3.22. The minimum Gasteiger partial charge on any atom is -0.356 e. The van der Waals surface area contributed by atoms with Gasteiger partial charge in [-0.05, 0) is 30.4 Å². The number of para-hydroxylation sites is 1. The van der Waals surface area contributed by atoms with Crippen LogP contribution in [0.5, 0.6) is 0 Å². The molecule has 0 amide bonds. The van der Waals surface area contributed by atoms with Crippen LogP contribution in [-0.4, -0.2) is 55.9 Å². The zero-order chi connectivity index (χ0) is 18.2. The molecular weight excluding hydrogens is 344 g/mol. The van der Waals surface area contributed by atoms with E-state index in [4.69, 9.17) is 18.9 Å². The predicted molar refractivity (Wildman–Crippen MR) is 99.0 cm³/mol. The normalized spacial score (nSPS) is 40.6. The lowest BCUT2D eigenvalue weighted by Crippen LogP contribution is -2.55. The summed E-state index contributed by atoms with van der Waals surface area (Å²) in [7, 11) is 3.44. The van der Waals surface area contributed by atoms with E-state index in [1.165, 1.54) is 22.2 Å². The number of hydrogen-bond acceptors (Lipinski definition) is 5. The van der Waals surface area contributed by atoms with Crippen molar-refractivity contribution >= 4 is 10.9 Å². The standard InChI is InChI=1S/C21H26N2O4/c1-24-17-9-12-10-21-19-14(13-5-3-4-6-15(13)22-19)7-8-23(21)11-16(27-21)18(12)20(25-2)26-17/h3-6,12,16-18,20,22H,7-11H2,1-2H3. The van der Waals surface area contributed by atoms with Crippen LogP contribution < -0.4 is 0 Å². The van der Waals surface area contributed by atoms with Crippen molar-refractivity contribution in [1.82, 2.24) is 9.88 Å². The molecule has 3 fully saturated rings. The van der Waals surface area contributed by atoms with Gasteiger partial charge in [-0.2, -0.15) is 0 Å². The number of nitrogens with one attached hydrogen (secondary N) is 1. The molecule has 27 heavy (non-hydrogen) atoms. The highest BCUT2D eigenvalue weighted by Crippen LogP contribution is 2.56. The number of methoxy groups -OCH3 is 2. The summed E-state index contributed by atoms with van der Waals surface area (Å²) in [6.45, 7) is 1.98. The summed E-state index contributed by atoms with van der Waals surface area (Å²) in [5.41, 5.74) is 3.57. The zero-order valence-corrected chi connectivity index (χ0v) is 15.8. The third kappa shape index (κ3) is 2.13. The van der Waals surface area contributed by atoms with Crippen molar-refractivity contribution in [2.24, 2.45) is 11.8 Å². The zero-order valence-electron chi connectivity index (χ0n) is 15.8. The van der Waals surface area contributed by atoms with Crippen molar-refractivity contribution in [2.75, 3.05) is 27.3 Å². The Morgan fingerprint density at radius 3 is 2.96 bits per heavy atom. The lowest BCUT2D eigenvalue weighted by Gasteiger charge is -2.50. The van der Waals surface area contributed by atoms with Crippen molar-refractivity contribution in [1.29, 1.82) is 0 Å². The molecule has 0 radical (unpaired) electrons. The van der Waals surface area contributed by atoms with Gasteiger partial charge in [-0.3, -0.25) is 4.90 Å². The molecule has 0 aliphatic carbocycles. The SMILES string of the molecule is COC1CC2CC34OC(CN3CCc3c4[nH]c4ccccc34)C2C(OC)O1. The van der Waals surface area contributed by atoms with Gasteiger partial charge < -0.3 is 23.9 Å². The average molecular weight is 370 g/mol. The Bertz CT molecular complexity index is 882. The fraction of sp³-hybridized carbons (Fsp3) is 0.619. The summed E-state index contributed by atoms with van der Waals surface area (Å²) < 4.78 is 24.1. The number of aromatic nitrogens is 1. The van der Waals surface area contributed by atoms with E-state index in [0.29, 0.717) is 5.92 Å². The number of nitrogens with zero attached hydrogens (tertiary/aromatic N) is 1. The van der Waals surface area contributed by atoms with Crippen molar-refractivity contribution in [2.45, 2.75) is 43.7 Å². The maximum atomic E-state index is 6.81. The number of aromatic amines is 1. The Hall–Kier alpha value is -1.44. The number of hydrogen-bond donors (Lipinski definition) is 1. The number of fused-ring (bicyclic) bond motifs is 6. The quantitative estimate of drug-likeness (QED) is 0.881. The molecule has 6 rings (SSSR count). The smallest absolute Gasteiger partial charge is 0.165 e. The van der Waals surface area contributed by atoms with Gasteiger partial charge in [-0.25, -0.2) is 0 Å². The molecule has 144 valence electrons. The molecule has 1 aromatic carbocycles. The number of H-pyrrole nitrogens is 1. The van der Waals surface area contributed by atoms with E-state index in [0.717, 1.165) is 32.4 Å². The molecule has 5 heterocycles. The maximum Gasteiger partial charge on any atom is 0.165 e. The Labute approximate surface area is 158 Å². The molecule has 4 aliphatic rings. The van der Waals surface area contributed by atoms with Gasteiger partial charge in [0.15, 0.2) is 18.3 Å². The molecule has 1 aromatic heterocycles. The van der Waals surface area contributed by atoms with Crippen LogP contribution in [0.4, 0.5) is 0 Å². The monoisotopic (exact) mass is 370 g/mol. The van der Waals surface area contributed by atoms with Crippen LogP contribution in [0.3, 0.4) is 0 Å². The van der Waals surface area contributed by atoms with Gasteiger partial charge in [0.1, 0.15) is 0 Å². The molecule has 4 aliphatic heterocycles. The van der Waals surface area contributed by atoms with Crippen molar-refractivity contribution in [3.05, 3.63) is 35.5 Å². The van der Waals surface area contributed by atoms with E-state index in [2.05, 4.69) is 34.1 Å². The number of ether oxygens (including phenoxy) is 4. The molecule has 0 saturated carbocycles. The molecule has 6 nitrogen and oxygen atoms in total. The first-order valence-corrected chi connectivity index (χ1v) is 9.97. The molecule has 6 atom stereocenters. The minimum absolute atomic E-state index is 0.129. The summed E-state index contributed by atoms with van der Waals surface area (Å²) >= 11 is 0. The first-order valence-electron chi connectivity index (χ1n) is 9.97. The van der Waals surface area contributed by atoms with Gasteiger partial charge in [0.2, 0.25) is 0 Å². The molecule has 1 N–H and O–H groups in total. The van der Waals surface area contributed by atoms with Crippen LogP contribution >= 0.6 is 0 Å². The topological polar surface area (TPSA) is 56.0 Å². The Morgan fingerprint density at radius 2 is 2.11 bits per heavy atom. The van der Waals surface area contributed by atoms with E-state index in [9.17, 15) is 0 Å². The van der Waals surface area contributed by atoms with Gasteiger partial charge in [-0.1, -0.05) is 18.2 Å². The van der Waals surface area contributed by atoms with Crippen molar-refractivity contribution in [3.8, 4) is 0 Å². The molecule has 2 aromatic rings. The fourth-order valence-corrected chi connectivity index (χ4v) is 6.08. The summed E-state index contributed by atoms with van der Waals surface area (Å²) in [6.07, 6.45) is 2.58. The molecule has 6 unspecified atom stereocenters. The van der Waals surface area contributed by atoms with Gasteiger partial charge in [0, 0.05) is 50.6 Å². The molecular formula is C21H26N2O4. The first-order chi connectivity index (χ1) is 13.2. The van der Waals surface area contributed by atoms with Crippen LogP contribution in [0.15, 0.2) is 24.3 Å². The summed E-state index contributed by atoms with van der Waals surface area (Å²) in [6, 6.07) is 8.62. The van der Waals surface area contributed by atoms with E-state index < -0.39 is 0 Å². The van der Waals surface area contributed by atoms with E-state index in [1.807, 2.05) is 0 Å². The highest BCUT2D eigenvalue weighted by Gasteiger charge is 2.62. The van der Waals surface area contributed by atoms with Crippen LogP contribution in [-0.2, 0) is 31.1 Å². The molecule has 1 spiro atoms. The summed E-state index contributed by atoms with van der Waals surface area (Å²) in [5.74, 6) is 0.709. The second kappa shape index (κ2) is 5.78. The van der Waals surface area contributed by atoms with Crippen LogP contribution in [0.25, 0.3) is 10.9 Å². The van der Waals surface area contributed by atoms with Crippen molar-refractivity contribution < 1.29 is 18.9 Å². The van der Waals surface area contributed by atoms with Crippen LogP contribution in [0, 0.1) is 11.8 Å². The lowest BCUT2D eigenvalue weighted by atomic mass is 9.75. The summed E-state index contributed by atoms with van der Waals surface area (Å²) in [4.78, 5) is 6.26. The molecule has 3 saturated heterocycles. The second-order valence-electron chi connectivity index (χ2n) is 8.34. The minimum atomic E-state index is -0.341. The van der Waals surface area contributed by atoms with Crippen molar-refractivity contribution in [3.63, 3.8) is 0 Å². The van der Waals surface area contributed by atoms with Gasteiger partial charge in [0.05, 0.1) is 11.8 Å². The van der Waals surface area contributed by atoms with Gasteiger partial charge in [-0.15, -0.1) is 0 Å². The largest absolute Gasteiger partial charge is 0.356 e. The van der Waals surface area contributed by atoms with E-state index in [1.54, 1.807) is 14.2 Å². The van der Waals surface area contributed by atoms with Gasteiger partial charge >= 0.3 is 0 Å². The Balaban J connectivity index is 1.45. The molecule has 2 bridgehead atoms. The maximum absolute atomic E-state index is 6.81. The second-order valence-corrected chi connectivity index (χ2v) is 8.34. The Kier molecular flexibility index (Phi) is 3.53. The third-order valence-corrected chi connectivity index (χ3v) is 7.20. The van der Waals surface area contributed by atoms with E-state index in [-0.39, 0.29) is 30.3 Å². The number of benzene rings is 1. The highest BCUT2D eigenvalue weighted by molar-refractivity contribution is 5.85. The Morgan fingerprint density at radius 1 is 1.22 bits per heavy atom. The first kappa shape index (κ1) is 16.5. The highest BCUT2D eigenvalue weighted by atomic mass is 16.8. The van der Waals surface area contributed by atoms with Crippen LogP contribution in [0.1, 0.15) is 24.1 Å². The third-order valence-electron chi connectivity index (χ3n) is 7.20.